The molecule has 0 bridgehead atoms. The van der Waals surface area contributed by atoms with E-state index in [-0.39, 0.29) is 34.2 Å². The molecule has 0 spiro atoms. The summed E-state index contributed by atoms with van der Waals surface area (Å²) in [4.78, 5) is 32.2. The van der Waals surface area contributed by atoms with E-state index in [1.807, 2.05) is 30.3 Å². The summed E-state index contributed by atoms with van der Waals surface area (Å²) in [7, 11) is 2.90. The van der Waals surface area contributed by atoms with E-state index in [1.54, 1.807) is 18.5 Å². The SMILES string of the molecule is COc1cc(OC)c(/C(O)=C2\C(=O)C(=O)N(Cc3cccnc3)C2c2ccc(C(C)C)cc2)cc1Cl. The average Bonchev–Trinajstić information content (AvgIpc) is 3.13. The van der Waals surface area contributed by atoms with E-state index in [2.05, 4.69) is 18.8 Å². The third-order valence-corrected chi connectivity index (χ3v) is 6.56. The molecule has 1 fully saturated rings. The predicted molar refractivity (Wildman–Crippen MR) is 137 cm³/mol. The summed E-state index contributed by atoms with van der Waals surface area (Å²) in [6, 6.07) is 13.5. The van der Waals surface area contributed by atoms with Gasteiger partial charge >= 0.3 is 0 Å². The third-order valence-electron chi connectivity index (χ3n) is 6.26. The van der Waals surface area contributed by atoms with Crippen LogP contribution in [0.5, 0.6) is 11.5 Å². The van der Waals surface area contributed by atoms with Crippen LogP contribution in [-0.4, -0.2) is 40.9 Å². The maximum Gasteiger partial charge on any atom is 0.295 e. The molecule has 1 N–H and O–H groups in total. The molecule has 1 aromatic heterocycles. The van der Waals surface area contributed by atoms with Gasteiger partial charge in [-0.15, -0.1) is 0 Å². The predicted octanol–water partition coefficient (Wildman–Crippen LogP) is 5.50. The first-order chi connectivity index (χ1) is 17.3. The Morgan fingerprint density at radius 3 is 2.36 bits per heavy atom. The lowest BCUT2D eigenvalue weighted by Gasteiger charge is -2.26. The molecule has 3 aromatic rings. The quantitative estimate of drug-likeness (QED) is 0.259. The maximum atomic E-state index is 13.4. The maximum absolute atomic E-state index is 13.4. The Labute approximate surface area is 214 Å². The first kappa shape index (κ1) is 25.3. The van der Waals surface area contributed by atoms with Gasteiger partial charge in [0.15, 0.2) is 0 Å². The minimum Gasteiger partial charge on any atom is -0.507 e. The first-order valence-corrected chi connectivity index (χ1v) is 11.8. The molecule has 186 valence electrons. The van der Waals surface area contributed by atoms with Crippen LogP contribution in [0.15, 0.2) is 66.5 Å². The number of pyridine rings is 1. The van der Waals surface area contributed by atoms with Crippen LogP contribution in [0.1, 0.15) is 48.1 Å². The van der Waals surface area contributed by atoms with Gasteiger partial charge in [-0.05, 0) is 34.7 Å². The van der Waals surface area contributed by atoms with Gasteiger partial charge in [0.1, 0.15) is 17.3 Å². The number of ketones is 1. The second-order valence-electron chi connectivity index (χ2n) is 8.80. The molecule has 1 amide bonds. The van der Waals surface area contributed by atoms with Crippen LogP contribution in [0.4, 0.5) is 0 Å². The lowest BCUT2D eigenvalue weighted by Crippen LogP contribution is -2.29. The van der Waals surface area contributed by atoms with Crippen LogP contribution < -0.4 is 9.47 Å². The molecule has 7 nitrogen and oxygen atoms in total. The fourth-order valence-corrected chi connectivity index (χ4v) is 4.57. The smallest absolute Gasteiger partial charge is 0.295 e. The minimum atomic E-state index is -0.822. The van der Waals surface area contributed by atoms with Crippen LogP contribution in [0, 0.1) is 0 Å². The van der Waals surface area contributed by atoms with E-state index in [0.717, 1.165) is 11.1 Å². The lowest BCUT2D eigenvalue weighted by molar-refractivity contribution is -0.140. The number of hydrogen-bond acceptors (Lipinski definition) is 6. The molecule has 8 heteroatoms. The highest BCUT2D eigenvalue weighted by molar-refractivity contribution is 6.46. The molecule has 1 aliphatic heterocycles. The van der Waals surface area contributed by atoms with Crippen molar-refractivity contribution >= 4 is 29.1 Å². The molecule has 36 heavy (non-hydrogen) atoms. The average molecular weight is 507 g/mol. The van der Waals surface area contributed by atoms with Crippen LogP contribution in [-0.2, 0) is 16.1 Å². The zero-order valence-electron chi connectivity index (χ0n) is 20.5. The Balaban J connectivity index is 1.91. The van der Waals surface area contributed by atoms with Crippen molar-refractivity contribution in [2.45, 2.75) is 32.4 Å². The number of methoxy groups -OCH3 is 2. The van der Waals surface area contributed by atoms with Gasteiger partial charge in [0.2, 0.25) is 0 Å². The molecule has 0 saturated carbocycles. The number of halogens is 1. The second kappa shape index (κ2) is 10.4. The van der Waals surface area contributed by atoms with Gasteiger partial charge in [-0.3, -0.25) is 14.6 Å². The van der Waals surface area contributed by atoms with Gasteiger partial charge in [0.05, 0.1) is 36.4 Å². The van der Waals surface area contributed by atoms with Gasteiger partial charge in [-0.1, -0.05) is 55.8 Å². The highest BCUT2D eigenvalue weighted by Gasteiger charge is 2.46. The highest BCUT2D eigenvalue weighted by atomic mass is 35.5. The summed E-state index contributed by atoms with van der Waals surface area (Å²) in [5.41, 5.74) is 2.72. The summed E-state index contributed by atoms with van der Waals surface area (Å²) < 4.78 is 10.7. The molecular formula is C28H27ClN2O5. The number of aromatic nitrogens is 1. The first-order valence-electron chi connectivity index (χ1n) is 11.5. The lowest BCUT2D eigenvalue weighted by atomic mass is 9.93. The van der Waals surface area contributed by atoms with E-state index in [9.17, 15) is 14.7 Å². The Morgan fingerprint density at radius 1 is 1.08 bits per heavy atom. The van der Waals surface area contributed by atoms with Gasteiger partial charge in [0.25, 0.3) is 11.7 Å². The largest absolute Gasteiger partial charge is 0.507 e. The van der Waals surface area contributed by atoms with Crippen molar-refractivity contribution < 1.29 is 24.2 Å². The zero-order chi connectivity index (χ0) is 26.0. The number of aliphatic hydroxyl groups is 1. The van der Waals surface area contributed by atoms with Crippen molar-refractivity contribution in [3.63, 3.8) is 0 Å². The summed E-state index contributed by atoms with van der Waals surface area (Å²) in [6.45, 7) is 4.32. The number of Topliss-reactive ketones (excluding diaryl/α,β-unsaturated/α-hetero) is 1. The number of likely N-dealkylation sites (tertiary alicyclic amines) is 1. The number of nitrogens with zero attached hydrogens (tertiary/aromatic N) is 2. The molecule has 2 aromatic carbocycles. The molecule has 1 saturated heterocycles. The van der Waals surface area contributed by atoms with Crippen LogP contribution >= 0.6 is 11.6 Å². The van der Waals surface area contributed by atoms with Crippen molar-refractivity contribution in [3.8, 4) is 11.5 Å². The fraction of sp³-hybridized carbons (Fsp3) is 0.250. The Morgan fingerprint density at radius 2 is 1.78 bits per heavy atom. The van der Waals surface area contributed by atoms with Crippen molar-refractivity contribution in [3.05, 3.63) is 93.8 Å². The van der Waals surface area contributed by atoms with Crippen LogP contribution in [0.3, 0.4) is 0 Å². The summed E-state index contributed by atoms with van der Waals surface area (Å²) >= 11 is 6.33. The second-order valence-corrected chi connectivity index (χ2v) is 9.20. The number of ether oxygens (including phenoxy) is 2. The number of benzene rings is 2. The number of hydrogen-bond donors (Lipinski definition) is 1. The Bertz CT molecular complexity index is 1320. The van der Waals surface area contributed by atoms with Crippen LogP contribution in [0.2, 0.25) is 5.02 Å². The van der Waals surface area contributed by atoms with Gasteiger partial charge in [-0.2, -0.15) is 0 Å². The van der Waals surface area contributed by atoms with Gasteiger partial charge in [-0.25, -0.2) is 0 Å². The normalized spacial score (nSPS) is 17.1. The molecule has 1 unspecified atom stereocenters. The summed E-state index contributed by atoms with van der Waals surface area (Å²) in [5, 5.41) is 11.7. The summed E-state index contributed by atoms with van der Waals surface area (Å²) in [6.07, 6.45) is 3.28. The number of rotatable bonds is 7. The van der Waals surface area contributed by atoms with Crippen molar-refractivity contribution in [2.75, 3.05) is 14.2 Å². The molecule has 1 atom stereocenters. The van der Waals surface area contributed by atoms with E-state index in [1.165, 1.54) is 31.3 Å². The van der Waals surface area contributed by atoms with E-state index in [4.69, 9.17) is 21.1 Å². The highest BCUT2D eigenvalue weighted by Crippen LogP contribution is 2.43. The third kappa shape index (κ3) is 4.66. The van der Waals surface area contributed by atoms with Gasteiger partial charge in [0, 0.05) is 25.0 Å². The molecule has 2 heterocycles. The monoisotopic (exact) mass is 506 g/mol. The number of aliphatic hydroxyl groups excluding tert-OH is 1. The van der Waals surface area contributed by atoms with E-state index < -0.39 is 17.7 Å². The van der Waals surface area contributed by atoms with Crippen molar-refractivity contribution in [1.29, 1.82) is 0 Å². The zero-order valence-corrected chi connectivity index (χ0v) is 21.2. The topological polar surface area (TPSA) is 89.0 Å². The number of amides is 1. The Kier molecular flexibility index (Phi) is 7.31. The van der Waals surface area contributed by atoms with Gasteiger partial charge < -0.3 is 19.5 Å². The minimum absolute atomic E-state index is 0.0410. The van der Waals surface area contributed by atoms with Crippen molar-refractivity contribution in [2.24, 2.45) is 0 Å². The molecule has 1 aliphatic rings. The Hall–Kier alpha value is -3.84. The fourth-order valence-electron chi connectivity index (χ4n) is 4.33. The standard InChI is InChI=1S/C28H27ClN2O5/c1-16(2)18-7-9-19(10-8-18)25-24(26(32)20-12-21(29)23(36-4)13-22(20)35-3)27(33)28(34)31(25)15-17-6-5-11-30-14-17/h5-14,16,25,32H,15H2,1-4H3/b26-24+. The van der Waals surface area contributed by atoms with E-state index >= 15 is 0 Å². The van der Waals surface area contributed by atoms with Crippen molar-refractivity contribution in [1.82, 2.24) is 9.88 Å². The number of carbonyl (C=O) groups excluding carboxylic acids is 2. The number of carbonyl (C=O) groups is 2. The van der Waals surface area contributed by atoms with Crippen LogP contribution in [0.25, 0.3) is 5.76 Å². The molecule has 4 rings (SSSR count). The molecular weight excluding hydrogens is 480 g/mol. The van der Waals surface area contributed by atoms with E-state index in [0.29, 0.717) is 17.2 Å². The summed E-state index contributed by atoms with van der Waals surface area (Å²) in [5.74, 6) is -0.961. The molecule has 0 radical (unpaired) electrons. The molecule has 0 aliphatic carbocycles.